The number of aromatic hydroxyl groups is 1. The summed E-state index contributed by atoms with van der Waals surface area (Å²) < 4.78 is 10.9. The molecule has 2 aromatic rings. The Labute approximate surface area is 141 Å². The van der Waals surface area contributed by atoms with Crippen molar-refractivity contribution < 1.29 is 14.6 Å². The third-order valence-electron chi connectivity index (χ3n) is 3.54. The van der Waals surface area contributed by atoms with Crippen LogP contribution in [0.1, 0.15) is 23.6 Å². The van der Waals surface area contributed by atoms with Crippen LogP contribution in [0, 0.1) is 11.3 Å². The third-order valence-corrected chi connectivity index (χ3v) is 3.54. The molecule has 0 spiro atoms. The first-order chi connectivity index (χ1) is 11.6. The van der Waals surface area contributed by atoms with Crippen molar-refractivity contribution in [1.82, 2.24) is 0 Å². The average Bonchev–Trinajstić information content (AvgIpc) is 2.60. The Hall–Kier alpha value is -3.19. The van der Waals surface area contributed by atoms with Gasteiger partial charge in [-0.05, 0) is 47.9 Å². The molecule has 0 bridgehead atoms. The molecule has 0 saturated heterocycles. The molecule has 0 aliphatic heterocycles. The second-order valence-corrected chi connectivity index (χ2v) is 4.96. The van der Waals surface area contributed by atoms with E-state index in [9.17, 15) is 5.11 Å². The van der Waals surface area contributed by atoms with Crippen LogP contribution < -0.4 is 9.47 Å². The van der Waals surface area contributed by atoms with E-state index in [1.165, 1.54) is 6.08 Å². The number of hydrogen-bond acceptors (Lipinski definition) is 4. The number of hydrogen-bond donors (Lipinski definition) is 1. The number of phenols is 1. The largest absolute Gasteiger partial charge is 0.507 e. The van der Waals surface area contributed by atoms with Gasteiger partial charge >= 0.3 is 0 Å². The van der Waals surface area contributed by atoms with E-state index in [1.807, 2.05) is 19.1 Å². The standard InChI is InChI=1S/C20H19NO3/c1-4-14-12-15(6-8-18(14)22)17(10-11-21)16-7-9-19(23-3)20(13-16)24-5-2/h4,6-10,12-13,22H,1,5H2,2-3H3/b17-10+. The van der Waals surface area contributed by atoms with Crippen LogP contribution in [0.15, 0.2) is 49.1 Å². The quantitative estimate of drug-likeness (QED) is 0.801. The van der Waals surface area contributed by atoms with Crippen molar-refractivity contribution in [1.29, 1.82) is 5.26 Å². The molecule has 0 saturated carbocycles. The summed E-state index contributed by atoms with van der Waals surface area (Å²) in [5.74, 6) is 1.40. The zero-order valence-electron chi connectivity index (χ0n) is 13.7. The van der Waals surface area contributed by atoms with Gasteiger partial charge in [-0.1, -0.05) is 24.8 Å². The highest BCUT2D eigenvalue weighted by molar-refractivity contribution is 5.83. The molecular formula is C20H19NO3. The Bertz CT molecular complexity index is 816. The van der Waals surface area contributed by atoms with E-state index in [0.29, 0.717) is 23.7 Å². The number of phenolic OH excluding ortho intramolecular Hbond substituents is 1. The summed E-state index contributed by atoms with van der Waals surface area (Å²) in [5, 5.41) is 19.0. The molecule has 0 aromatic heterocycles. The van der Waals surface area contributed by atoms with Gasteiger partial charge in [0.05, 0.1) is 19.8 Å². The van der Waals surface area contributed by atoms with Crippen molar-refractivity contribution in [2.45, 2.75) is 6.92 Å². The second-order valence-electron chi connectivity index (χ2n) is 4.96. The van der Waals surface area contributed by atoms with Crippen LogP contribution in [-0.4, -0.2) is 18.8 Å². The lowest BCUT2D eigenvalue weighted by atomic mass is 9.95. The SMILES string of the molecule is C=Cc1cc(/C(=C\C#N)c2ccc(OC)c(OCC)c2)ccc1O. The lowest BCUT2D eigenvalue weighted by Gasteiger charge is -2.13. The minimum atomic E-state index is 0.148. The second kappa shape index (κ2) is 7.89. The normalized spacial score (nSPS) is 10.8. The fraction of sp³-hybridized carbons (Fsp3) is 0.150. The summed E-state index contributed by atoms with van der Waals surface area (Å²) in [4.78, 5) is 0. The number of methoxy groups -OCH3 is 1. The molecule has 0 aliphatic rings. The minimum absolute atomic E-state index is 0.148. The van der Waals surface area contributed by atoms with Crippen LogP contribution in [0.5, 0.6) is 17.2 Å². The summed E-state index contributed by atoms with van der Waals surface area (Å²) in [5.41, 5.74) is 2.96. The van der Waals surface area contributed by atoms with Gasteiger partial charge < -0.3 is 14.6 Å². The Balaban J connectivity index is 2.57. The van der Waals surface area contributed by atoms with Gasteiger partial charge in [-0.25, -0.2) is 0 Å². The van der Waals surface area contributed by atoms with Crippen LogP contribution in [0.25, 0.3) is 11.6 Å². The highest BCUT2D eigenvalue weighted by Gasteiger charge is 2.12. The molecule has 4 nitrogen and oxygen atoms in total. The van der Waals surface area contributed by atoms with Crippen LogP contribution in [0.4, 0.5) is 0 Å². The number of nitriles is 1. The van der Waals surface area contributed by atoms with Gasteiger partial charge in [-0.15, -0.1) is 0 Å². The molecule has 2 rings (SSSR count). The molecule has 0 atom stereocenters. The van der Waals surface area contributed by atoms with E-state index in [1.54, 1.807) is 37.5 Å². The maximum absolute atomic E-state index is 9.81. The summed E-state index contributed by atoms with van der Waals surface area (Å²) in [6.07, 6.45) is 3.04. The molecule has 1 N–H and O–H groups in total. The molecule has 0 radical (unpaired) electrons. The van der Waals surface area contributed by atoms with Crippen molar-refractivity contribution in [2.24, 2.45) is 0 Å². The van der Waals surface area contributed by atoms with Crippen molar-refractivity contribution in [3.05, 3.63) is 65.7 Å². The molecule has 122 valence electrons. The summed E-state index contributed by atoms with van der Waals surface area (Å²) >= 11 is 0. The molecule has 4 heteroatoms. The molecule has 0 fully saturated rings. The molecule has 2 aromatic carbocycles. The first kappa shape index (κ1) is 17.2. The number of nitrogens with zero attached hydrogens (tertiary/aromatic N) is 1. The van der Waals surface area contributed by atoms with E-state index >= 15 is 0 Å². The minimum Gasteiger partial charge on any atom is -0.507 e. The number of rotatable bonds is 6. The van der Waals surface area contributed by atoms with Crippen molar-refractivity contribution in [2.75, 3.05) is 13.7 Å². The zero-order chi connectivity index (χ0) is 17.5. The number of benzene rings is 2. The van der Waals surface area contributed by atoms with Crippen LogP contribution >= 0.6 is 0 Å². The Morgan fingerprint density at radius 3 is 2.54 bits per heavy atom. The fourth-order valence-corrected chi connectivity index (χ4v) is 2.40. The smallest absolute Gasteiger partial charge is 0.161 e. The molecular weight excluding hydrogens is 302 g/mol. The summed E-state index contributed by atoms with van der Waals surface area (Å²) in [6.45, 7) is 6.10. The summed E-state index contributed by atoms with van der Waals surface area (Å²) in [7, 11) is 1.58. The van der Waals surface area contributed by atoms with E-state index in [2.05, 4.69) is 12.6 Å². The van der Waals surface area contributed by atoms with E-state index in [4.69, 9.17) is 14.7 Å². The summed E-state index contributed by atoms with van der Waals surface area (Å²) in [6, 6.07) is 12.7. The highest BCUT2D eigenvalue weighted by Crippen LogP contribution is 2.34. The van der Waals surface area contributed by atoms with E-state index in [0.717, 1.165) is 16.7 Å². The fourth-order valence-electron chi connectivity index (χ4n) is 2.40. The maximum Gasteiger partial charge on any atom is 0.161 e. The van der Waals surface area contributed by atoms with Crippen LogP contribution in [0.3, 0.4) is 0 Å². The van der Waals surface area contributed by atoms with Crippen LogP contribution in [0.2, 0.25) is 0 Å². The van der Waals surface area contributed by atoms with Crippen molar-refractivity contribution in [3.63, 3.8) is 0 Å². The molecule has 0 unspecified atom stereocenters. The van der Waals surface area contributed by atoms with Gasteiger partial charge in [-0.3, -0.25) is 0 Å². The number of allylic oxidation sites excluding steroid dienone is 1. The topological polar surface area (TPSA) is 62.5 Å². The van der Waals surface area contributed by atoms with Gasteiger partial charge in [0, 0.05) is 11.6 Å². The zero-order valence-corrected chi connectivity index (χ0v) is 13.7. The molecule has 0 aliphatic carbocycles. The van der Waals surface area contributed by atoms with Gasteiger partial charge in [0.2, 0.25) is 0 Å². The highest BCUT2D eigenvalue weighted by atomic mass is 16.5. The lowest BCUT2D eigenvalue weighted by Crippen LogP contribution is -1.97. The first-order valence-corrected chi connectivity index (χ1v) is 7.51. The number of ether oxygens (including phenoxy) is 2. The predicted molar refractivity (Wildman–Crippen MR) is 95.1 cm³/mol. The van der Waals surface area contributed by atoms with Crippen molar-refractivity contribution >= 4 is 11.6 Å². The van der Waals surface area contributed by atoms with Gasteiger partial charge in [0.25, 0.3) is 0 Å². The molecule has 0 heterocycles. The third kappa shape index (κ3) is 3.58. The molecule has 24 heavy (non-hydrogen) atoms. The Kier molecular flexibility index (Phi) is 5.64. The van der Waals surface area contributed by atoms with Gasteiger partial charge in [0.1, 0.15) is 5.75 Å². The van der Waals surface area contributed by atoms with Crippen LogP contribution in [-0.2, 0) is 0 Å². The predicted octanol–water partition coefficient (Wildman–Crippen LogP) is 4.40. The average molecular weight is 321 g/mol. The molecule has 0 amide bonds. The Morgan fingerprint density at radius 2 is 1.92 bits per heavy atom. The maximum atomic E-state index is 9.81. The lowest BCUT2D eigenvalue weighted by molar-refractivity contribution is 0.311. The van der Waals surface area contributed by atoms with E-state index < -0.39 is 0 Å². The monoisotopic (exact) mass is 321 g/mol. The van der Waals surface area contributed by atoms with Crippen molar-refractivity contribution in [3.8, 4) is 23.3 Å². The first-order valence-electron chi connectivity index (χ1n) is 7.51. The Morgan fingerprint density at radius 1 is 1.21 bits per heavy atom. The van der Waals surface area contributed by atoms with E-state index in [-0.39, 0.29) is 5.75 Å². The van der Waals surface area contributed by atoms with Gasteiger partial charge in [0.15, 0.2) is 11.5 Å². The van der Waals surface area contributed by atoms with Gasteiger partial charge in [-0.2, -0.15) is 5.26 Å².